The van der Waals surface area contributed by atoms with Gasteiger partial charge in [0, 0.05) is 6.04 Å². The van der Waals surface area contributed by atoms with Gasteiger partial charge in [0.15, 0.2) is 0 Å². The Morgan fingerprint density at radius 2 is 1.89 bits per heavy atom. The molecule has 0 spiro atoms. The van der Waals surface area contributed by atoms with Crippen LogP contribution in [-0.2, 0) is 9.59 Å². The van der Waals surface area contributed by atoms with Crippen molar-refractivity contribution >= 4 is 17.8 Å². The van der Waals surface area contributed by atoms with Crippen LogP contribution in [0, 0.1) is 17.8 Å². The van der Waals surface area contributed by atoms with Crippen molar-refractivity contribution in [2.24, 2.45) is 17.8 Å². The van der Waals surface area contributed by atoms with Gasteiger partial charge in [-0.2, -0.15) is 0 Å². The lowest BCUT2D eigenvalue weighted by molar-refractivity contribution is -0.144. The van der Waals surface area contributed by atoms with Crippen LogP contribution in [0.4, 0.5) is 4.79 Å². The van der Waals surface area contributed by atoms with Crippen LogP contribution in [0.5, 0.6) is 0 Å². The highest BCUT2D eigenvalue weighted by Crippen LogP contribution is 2.36. The van der Waals surface area contributed by atoms with Crippen LogP contribution < -0.4 is 5.32 Å². The van der Waals surface area contributed by atoms with Crippen LogP contribution in [-0.4, -0.2) is 28.8 Å². The number of nitrogens with one attached hydrogen (secondary N) is 1. The summed E-state index contributed by atoms with van der Waals surface area (Å²) < 4.78 is 0. The zero-order valence-electron chi connectivity index (χ0n) is 11.8. The average Bonchev–Trinajstić information content (AvgIpc) is 2.66. The largest absolute Gasteiger partial charge is 0.331 e. The number of nitrogens with zero attached hydrogens (tertiary/aromatic N) is 1. The SMILES string of the molecule is CCCC1C(=O)NC(=O)N(C2CCC(C)C2C)C1=O. The van der Waals surface area contributed by atoms with Crippen molar-refractivity contribution in [3.05, 3.63) is 0 Å². The molecule has 2 aliphatic rings. The van der Waals surface area contributed by atoms with Crippen molar-refractivity contribution in [1.29, 1.82) is 0 Å². The van der Waals surface area contributed by atoms with E-state index in [0.29, 0.717) is 18.3 Å². The van der Waals surface area contributed by atoms with Gasteiger partial charge in [-0.1, -0.05) is 27.2 Å². The van der Waals surface area contributed by atoms with Gasteiger partial charge in [-0.3, -0.25) is 19.8 Å². The van der Waals surface area contributed by atoms with Crippen molar-refractivity contribution in [1.82, 2.24) is 10.2 Å². The molecule has 19 heavy (non-hydrogen) atoms. The molecule has 1 saturated carbocycles. The van der Waals surface area contributed by atoms with E-state index in [-0.39, 0.29) is 11.9 Å². The van der Waals surface area contributed by atoms with E-state index >= 15 is 0 Å². The highest BCUT2D eigenvalue weighted by atomic mass is 16.2. The number of urea groups is 1. The fourth-order valence-corrected chi connectivity index (χ4v) is 3.19. The van der Waals surface area contributed by atoms with Crippen LogP contribution in [0.15, 0.2) is 0 Å². The molecule has 2 fully saturated rings. The molecule has 5 nitrogen and oxygen atoms in total. The molecule has 1 saturated heterocycles. The Morgan fingerprint density at radius 3 is 2.42 bits per heavy atom. The first kappa shape index (κ1) is 14.0. The van der Waals surface area contributed by atoms with E-state index in [4.69, 9.17) is 0 Å². The molecule has 2 rings (SSSR count). The van der Waals surface area contributed by atoms with Crippen molar-refractivity contribution in [2.45, 2.75) is 52.5 Å². The van der Waals surface area contributed by atoms with E-state index in [1.165, 1.54) is 4.90 Å². The summed E-state index contributed by atoms with van der Waals surface area (Å²) in [7, 11) is 0. The van der Waals surface area contributed by atoms with Gasteiger partial charge in [-0.05, 0) is 31.1 Å². The molecular weight excluding hydrogens is 244 g/mol. The second-order valence-electron chi connectivity index (χ2n) is 5.83. The molecule has 1 N–H and O–H groups in total. The number of hydrogen-bond acceptors (Lipinski definition) is 3. The quantitative estimate of drug-likeness (QED) is 0.793. The van der Waals surface area contributed by atoms with Crippen molar-refractivity contribution in [3.63, 3.8) is 0 Å². The van der Waals surface area contributed by atoms with E-state index in [2.05, 4.69) is 19.2 Å². The Balaban J connectivity index is 2.21. The van der Waals surface area contributed by atoms with Gasteiger partial charge in [0.05, 0.1) is 0 Å². The highest BCUT2D eigenvalue weighted by molar-refractivity contribution is 6.16. The summed E-state index contributed by atoms with van der Waals surface area (Å²) in [5.41, 5.74) is 0. The number of carbonyl (C=O) groups excluding carboxylic acids is 3. The predicted octanol–water partition coefficient (Wildman–Crippen LogP) is 1.92. The summed E-state index contributed by atoms with van der Waals surface area (Å²) in [6.45, 7) is 6.15. The highest BCUT2D eigenvalue weighted by Gasteiger charge is 2.46. The first-order valence-electron chi connectivity index (χ1n) is 7.15. The molecule has 106 valence electrons. The minimum Gasteiger partial charge on any atom is -0.277 e. The van der Waals surface area contributed by atoms with Gasteiger partial charge in [0.2, 0.25) is 11.8 Å². The molecule has 0 aromatic rings. The number of rotatable bonds is 3. The Kier molecular flexibility index (Phi) is 3.92. The average molecular weight is 266 g/mol. The lowest BCUT2D eigenvalue weighted by Crippen LogP contribution is -2.61. The Hall–Kier alpha value is -1.39. The van der Waals surface area contributed by atoms with Gasteiger partial charge >= 0.3 is 6.03 Å². The summed E-state index contributed by atoms with van der Waals surface area (Å²) in [5, 5.41) is 2.33. The van der Waals surface area contributed by atoms with E-state index in [1.807, 2.05) is 6.92 Å². The molecule has 1 heterocycles. The third-order valence-corrected chi connectivity index (χ3v) is 4.63. The predicted molar refractivity (Wildman–Crippen MR) is 70.1 cm³/mol. The summed E-state index contributed by atoms with van der Waals surface area (Å²) in [6.07, 6.45) is 3.12. The van der Waals surface area contributed by atoms with Crippen molar-refractivity contribution in [2.75, 3.05) is 0 Å². The van der Waals surface area contributed by atoms with Crippen molar-refractivity contribution < 1.29 is 14.4 Å². The van der Waals surface area contributed by atoms with Crippen LogP contribution in [0.2, 0.25) is 0 Å². The monoisotopic (exact) mass is 266 g/mol. The maximum atomic E-state index is 12.4. The Morgan fingerprint density at radius 1 is 1.21 bits per heavy atom. The van der Waals surface area contributed by atoms with Gasteiger partial charge in [-0.15, -0.1) is 0 Å². The van der Waals surface area contributed by atoms with Gasteiger partial charge < -0.3 is 0 Å². The minimum atomic E-state index is -0.689. The summed E-state index contributed by atoms with van der Waals surface area (Å²) in [4.78, 5) is 37.4. The third-order valence-electron chi connectivity index (χ3n) is 4.63. The number of carbonyl (C=O) groups is 3. The maximum Gasteiger partial charge on any atom is 0.331 e. The number of hydrogen-bond donors (Lipinski definition) is 1. The number of barbiturate groups is 1. The number of amides is 4. The number of imide groups is 2. The molecule has 4 amide bonds. The van der Waals surface area contributed by atoms with Gasteiger partial charge in [-0.25, -0.2) is 4.79 Å². The van der Waals surface area contributed by atoms with E-state index in [0.717, 1.165) is 19.3 Å². The van der Waals surface area contributed by atoms with E-state index < -0.39 is 17.9 Å². The second-order valence-corrected chi connectivity index (χ2v) is 5.83. The molecule has 0 aromatic heterocycles. The first-order valence-corrected chi connectivity index (χ1v) is 7.15. The topological polar surface area (TPSA) is 66.5 Å². The molecule has 4 atom stereocenters. The van der Waals surface area contributed by atoms with Crippen LogP contribution in [0.25, 0.3) is 0 Å². The molecule has 1 aliphatic heterocycles. The molecule has 5 heteroatoms. The smallest absolute Gasteiger partial charge is 0.277 e. The summed E-state index contributed by atoms with van der Waals surface area (Å²) in [6, 6.07) is -0.594. The lowest BCUT2D eigenvalue weighted by atomic mass is 9.93. The molecule has 1 aliphatic carbocycles. The van der Waals surface area contributed by atoms with Crippen molar-refractivity contribution in [3.8, 4) is 0 Å². The second kappa shape index (κ2) is 5.31. The molecule has 0 aromatic carbocycles. The fraction of sp³-hybridized carbons (Fsp3) is 0.786. The zero-order chi connectivity index (χ0) is 14.2. The lowest BCUT2D eigenvalue weighted by Gasteiger charge is -2.36. The standard InChI is InChI=1S/C14H22N2O3/c1-4-5-10-12(17)15-14(19)16(13(10)18)11-7-6-8(2)9(11)3/h8-11H,4-7H2,1-3H3,(H,15,17,19). The maximum absolute atomic E-state index is 12.4. The van der Waals surface area contributed by atoms with Crippen LogP contribution in [0.3, 0.4) is 0 Å². The van der Waals surface area contributed by atoms with Gasteiger partial charge in [0.25, 0.3) is 0 Å². The third kappa shape index (κ3) is 2.38. The van der Waals surface area contributed by atoms with Crippen LogP contribution >= 0.6 is 0 Å². The molecule has 0 radical (unpaired) electrons. The normalized spacial score (nSPS) is 35.7. The summed E-state index contributed by atoms with van der Waals surface area (Å²) in [5.74, 6) is -0.628. The summed E-state index contributed by atoms with van der Waals surface area (Å²) >= 11 is 0. The molecule has 4 unspecified atom stereocenters. The van der Waals surface area contributed by atoms with E-state index in [1.54, 1.807) is 0 Å². The van der Waals surface area contributed by atoms with E-state index in [9.17, 15) is 14.4 Å². The van der Waals surface area contributed by atoms with Crippen LogP contribution in [0.1, 0.15) is 46.5 Å². The zero-order valence-corrected chi connectivity index (χ0v) is 11.8. The molecular formula is C14H22N2O3. The van der Waals surface area contributed by atoms with Gasteiger partial charge in [0.1, 0.15) is 5.92 Å². The first-order chi connectivity index (χ1) is 8.97. The Bertz CT molecular complexity index is 407. The Labute approximate surface area is 113 Å². The minimum absolute atomic E-state index is 0.0602. The fourth-order valence-electron chi connectivity index (χ4n) is 3.19. The molecule has 0 bridgehead atoms.